The van der Waals surface area contributed by atoms with Crippen LogP contribution in [0.3, 0.4) is 0 Å². The summed E-state index contributed by atoms with van der Waals surface area (Å²) >= 11 is 0. The molecule has 10 heteroatoms. The molecular weight excluding hydrogens is 415 g/mol. The Bertz CT molecular complexity index is 1300. The van der Waals surface area contributed by atoms with Gasteiger partial charge in [0.25, 0.3) is 5.56 Å². The van der Waals surface area contributed by atoms with E-state index < -0.39 is 23.7 Å². The molecule has 0 radical (unpaired) electrons. The van der Waals surface area contributed by atoms with Gasteiger partial charge in [-0.3, -0.25) is 4.79 Å². The molecule has 9 nitrogen and oxygen atoms in total. The van der Waals surface area contributed by atoms with Crippen LogP contribution in [0.2, 0.25) is 0 Å². The third-order valence-electron chi connectivity index (χ3n) is 5.81. The average Bonchev–Trinajstić information content (AvgIpc) is 3.33. The molecule has 31 heavy (non-hydrogen) atoms. The summed E-state index contributed by atoms with van der Waals surface area (Å²) in [5.74, 6) is -0.552. The Labute approximate surface area is 198 Å². The quantitative estimate of drug-likeness (QED) is 0.326. The molecule has 3 aromatic rings. The summed E-state index contributed by atoms with van der Waals surface area (Å²) in [5, 5.41) is 32.9. The molecule has 5 rings (SSSR count). The number of carbonyl (C=O) groups is 1. The number of aliphatic hydroxyl groups is 2. The number of pyridine rings is 2. The molecule has 2 aliphatic heterocycles. The van der Waals surface area contributed by atoms with Crippen LogP contribution in [0, 0.1) is 0 Å². The largest absolute Gasteiger partial charge is 1.00 e. The van der Waals surface area contributed by atoms with Gasteiger partial charge in [0, 0.05) is 28.1 Å². The van der Waals surface area contributed by atoms with Gasteiger partial charge in [-0.2, -0.15) is 0 Å². The molecule has 1 atom stereocenters. The van der Waals surface area contributed by atoms with Crippen molar-refractivity contribution < 1.29 is 59.1 Å². The van der Waals surface area contributed by atoms with Crippen molar-refractivity contribution in [2.24, 2.45) is 0 Å². The predicted molar refractivity (Wildman–Crippen MR) is 102 cm³/mol. The van der Waals surface area contributed by atoms with Gasteiger partial charge in [-0.1, -0.05) is 6.92 Å². The summed E-state index contributed by atoms with van der Waals surface area (Å²) in [5.41, 5.74) is -1.08. The molecule has 2 aliphatic rings. The van der Waals surface area contributed by atoms with E-state index in [1.807, 2.05) is 12.1 Å². The first kappa shape index (κ1) is 21.8. The molecule has 2 aromatic heterocycles. The molecule has 0 aliphatic carbocycles. The van der Waals surface area contributed by atoms with Crippen LogP contribution in [0.4, 0.5) is 0 Å². The van der Waals surface area contributed by atoms with Gasteiger partial charge in [-0.25, -0.2) is 4.98 Å². The predicted octanol–water partition coefficient (Wildman–Crippen LogP) is -3.00. The molecule has 0 amide bonds. The number of fused-ring (bicyclic) bond motifs is 5. The Hall–Kier alpha value is -2.43. The van der Waals surface area contributed by atoms with Gasteiger partial charge in [0.1, 0.15) is 5.60 Å². The van der Waals surface area contributed by atoms with Crippen molar-refractivity contribution in [3.05, 3.63) is 51.3 Å². The summed E-state index contributed by atoms with van der Waals surface area (Å²) < 4.78 is 12.2. The van der Waals surface area contributed by atoms with Crippen LogP contribution < -0.4 is 49.7 Å². The van der Waals surface area contributed by atoms with E-state index in [4.69, 9.17) is 9.47 Å². The van der Waals surface area contributed by atoms with E-state index in [0.717, 1.165) is 10.9 Å². The first-order valence-electron chi connectivity index (χ1n) is 9.43. The second kappa shape index (κ2) is 7.61. The third kappa shape index (κ3) is 3.07. The van der Waals surface area contributed by atoms with Crippen LogP contribution >= 0.6 is 0 Å². The van der Waals surface area contributed by atoms with Crippen LogP contribution in [0.1, 0.15) is 30.0 Å². The van der Waals surface area contributed by atoms with E-state index in [1.54, 1.807) is 6.07 Å². The van der Waals surface area contributed by atoms with E-state index in [9.17, 15) is 24.9 Å². The van der Waals surface area contributed by atoms with E-state index in [0.29, 0.717) is 28.4 Å². The molecule has 0 bridgehead atoms. The number of aliphatic carboxylic acids is 1. The number of carbonyl (C=O) groups excluding carboxylic acids is 1. The molecule has 0 saturated carbocycles. The Kier molecular flexibility index (Phi) is 5.35. The number of aromatic nitrogens is 2. The molecule has 154 valence electrons. The van der Waals surface area contributed by atoms with E-state index in [1.165, 1.54) is 17.6 Å². The van der Waals surface area contributed by atoms with Crippen molar-refractivity contribution in [1.82, 2.24) is 9.55 Å². The molecular formula is C21H17N2NaO7. The van der Waals surface area contributed by atoms with Crippen molar-refractivity contribution >= 4 is 16.9 Å². The number of ether oxygens (including phenoxy) is 2. The number of carboxylic acid groups (broad SMARTS) is 1. The summed E-state index contributed by atoms with van der Waals surface area (Å²) in [6, 6.07) is 6.84. The van der Waals surface area contributed by atoms with Crippen molar-refractivity contribution in [2.75, 3.05) is 6.79 Å². The Morgan fingerprint density at radius 1 is 1.26 bits per heavy atom. The number of hydrogen-bond acceptors (Lipinski definition) is 8. The normalized spacial score (nSPS) is 15.2. The topological polar surface area (TPSA) is 134 Å². The number of hydrogen-bond donors (Lipinski definition) is 2. The zero-order chi connectivity index (χ0) is 21.2. The number of rotatable bonds is 4. The first-order chi connectivity index (χ1) is 14.4. The maximum Gasteiger partial charge on any atom is 1.00 e. The second-order valence-corrected chi connectivity index (χ2v) is 7.37. The second-order valence-electron chi connectivity index (χ2n) is 7.37. The Morgan fingerprint density at radius 2 is 1.97 bits per heavy atom. The van der Waals surface area contributed by atoms with Crippen molar-refractivity contribution in [2.45, 2.75) is 32.1 Å². The van der Waals surface area contributed by atoms with Crippen LogP contribution in [0.5, 0.6) is 11.5 Å². The molecule has 2 N–H and O–H groups in total. The molecule has 0 unspecified atom stereocenters. The molecule has 0 saturated heterocycles. The zero-order valence-corrected chi connectivity index (χ0v) is 19.0. The van der Waals surface area contributed by atoms with Crippen LogP contribution in [0.15, 0.2) is 29.1 Å². The van der Waals surface area contributed by atoms with Gasteiger partial charge in [0.2, 0.25) is 6.79 Å². The minimum atomic E-state index is -2.40. The fourth-order valence-electron chi connectivity index (χ4n) is 4.13. The fourth-order valence-corrected chi connectivity index (χ4v) is 4.13. The minimum Gasteiger partial charge on any atom is -0.547 e. The minimum absolute atomic E-state index is 0. The van der Waals surface area contributed by atoms with Crippen LogP contribution in [-0.2, 0) is 23.5 Å². The van der Waals surface area contributed by atoms with Gasteiger partial charge in [-0.15, -0.1) is 0 Å². The number of carboxylic acids is 1. The third-order valence-corrected chi connectivity index (χ3v) is 5.81. The maximum atomic E-state index is 13.0. The SMILES string of the molecule is CC[C@](O)(C(=O)[O-])c1cc2n(c(=O)c1CO)Cc1cc3cc4c(cc3nc1-2)OCO4.[Na+]. The van der Waals surface area contributed by atoms with Gasteiger partial charge in [-0.05, 0) is 24.6 Å². The monoisotopic (exact) mass is 432 g/mol. The maximum absolute atomic E-state index is 13.0. The average molecular weight is 432 g/mol. The van der Waals surface area contributed by atoms with Crippen molar-refractivity contribution in [3.8, 4) is 22.9 Å². The van der Waals surface area contributed by atoms with E-state index >= 15 is 0 Å². The van der Waals surface area contributed by atoms with Crippen LogP contribution in [0.25, 0.3) is 22.3 Å². The molecule has 0 spiro atoms. The smallest absolute Gasteiger partial charge is 0.547 e. The Morgan fingerprint density at radius 3 is 2.61 bits per heavy atom. The van der Waals surface area contributed by atoms with E-state index in [2.05, 4.69) is 4.98 Å². The van der Waals surface area contributed by atoms with Gasteiger partial charge < -0.3 is 34.2 Å². The summed E-state index contributed by atoms with van der Waals surface area (Å²) in [6.45, 7) is 1.10. The fraction of sp³-hybridized carbons (Fsp3) is 0.286. The number of aliphatic hydroxyl groups excluding tert-OH is 1. The summed E-state index contributed by atoms with van der Waals surface area (Å²) in [4.78, 5) is 29.4. The molecule has 1 aromatic carbocycles. The van der Waals surface area contributed by atoms with Crippen molar-refractivity contribution in [3.63, 3.8) is 0 Å². The molecule has 4 heterocycles. The van der Waals surface area contributed by atoms with Crippen LogP contribution in [-0.4, -0.2) is 32.5 Å². The van der Waals surface area contributed by atoms with Gasteiger partial charge >= 0.3 is 29.6 Å². The number of nitrogens with zero attached hydrogens (tertiary/aromatic N) is 2. The standard InChI is InChI=1S/C21H18N2O7.Na/c1-2-21(28,20(26)27)13-5-15-18-11(7-23(15)19(25)12(13)8-24)3-10-4-16-17(30-9-29-16)6-14(10)22-18;/h3-6,24,28H,2,7-9H2,1H3,(H,26,27);/q;+1/p-1/t21-;/m1./s1. The van der Waals surface area contributed by atoms with Gasteiger partial charge in [0.15, 0.2) is 11.5 Å². The Balaban J connectivity index is 0.00000231. The zero-order valence-electron chi connectivity index (χ0n) is 17.0. The number of benzene rings is 1. The van der Waals surface area contributed by atoms with Gasteiger partial charge in [0.05, 0.1) is 36.0 Å². The summed E-state index contributed by atoms with van der Waals surface area (Å²) in [6.07, 6.45) is -0.229. The van der Waals surface area contributed by atoms with E-state index in [-0.39, 0.29) is 60.4 Å². The molecule has 0 fully saturated rings. The van der Waals surface area contributed by atoms with Crippen molar-refractivity contribution in [1.29, 1.82) is 0 Å². The first-order valence-corrected chi connectivity index (χ1v) is 9.43. The summed E-state index contributed by atoms with van der Waals surface area (Å²) in [7, 11) is 0.